The van der Waals surface area contributed by atoms with Crippen LogP contribution in [0.5, 0.6) is 11.5 Å². The first-order chi connectivity index (χ1) is 30.1. The summed E-state index contributed by atoms with van der Waals surface area (Å²) in [6.07, 6.45) is 4.64. The molecule has 11 aromatic rings. The Hall–Kier alpha value is -7.54. The summed E-state index contributed by atoms with van der Waals surface area (Å²) in [5.41, 5.74) is 10.3. The average Bonchev–Trinajstić information content (AvgIpc) is 3.80. The number of rotatable bonds is 8. The molecule has 0 atom stereocenters. The monoisotopic (exact) mass is 969 g/mol. The van der Waals surface area contributed by atoms with Crippen molar-refractivity contribution in [2.45, 2.75) is 0 Å². The van der Waals surface area contributed by atoms with Gasteiger partial charge in [-0.1, -0.05) is 12.1 Å². The number of benzene rings is 7. The Kier molecular flexibility index (Phi) is 9.13. The third kappa shape index (κ3) is 6.40. The van der Waals surface area contributed by atoms with Crippen LogP contribution in [-0.2, 0) is 19.4 Å². The van der Waals surface area contributed by atoms with Gasteiger partial charge in [-0.05, 0) is 6.07 Å². The molecule has 0 radical (unpaired) electrons. The van der Waals surface area contributed by atoms with Crippen LogP contribution in [0.25, 0.3) is 83.7 Å². The van der Waals surface area contributed by atoms with Crippen molar-refractivity contribution in [2.24, 2.45) is 0 Å². The van der Waals surface area contributed by atoms with E-state index in [1.165, 1.54) is 12.3 Å². The second-order valence-electron chi connectivity index (χ2n) is 14.4. The number of hydrogen-bond acceptors (Lipinski definition) is 4. The number of hydrogen-bond donors (Lipinski definition) is 0. The Morgan fingerprint density at radius 2 is 1.13 bits per heavy atom. The van der Waals surface area contributed by atoms with Crippen molar-refractivity contribution in [3.8, 4) is 62.3 Å². The molecule has 11 rings (SSSR count). The first-order valence-electron chi connectivity index (χ1n) is 19.6. The Morgan fingerprint density at radius 3 is 1.84 bits per heavy atom. The average molecular weight is 970 g/mol. The predicted octanol–water partition coefficient (Wildman–Crippen LogP) is 12.3. The van der Waals surface area contributed by atoms with Crippen LogP contribution < -0.4 is 4.74 Å². The maximum atomic E-state index is 15.7. The molecule has 0 unspecified atom stereocenters. The van der Waals surface area contributed by atoms with Crippen LogP contribution in [0.15, 0.2) is 188 Å². The number of nitrogens with zero attached hydrogens (tertiary/aromatic N) is 6. The van der Waals surface area contributed by atoms with Gasteiger partial charge in [0, 0.05) is 18.6 Å². The number of pyridine rings is 1. The summed E-state index contributed by atoms with van der Waals surface area (Å²) in [7, 11) is 0. The molecular weight excluding hydrogens is 939 g/mol. The third-order valence-corrected chi connectivity index (χ3v) is 11.8. The van der Waals surface area contributed by atoms with Crippen LogP contribution >= 0.6 is 0 Å². The van der Waals surface area contributed by atoms with E-state index in [9.17, 15) is 0 Å². The first kappa shape index (κ1) is 36.5. The molecule has 4 heterocycles. The van der Waals surface area contributed by atoms with Crippen molar-refractivity contribution in [3.63, 3.8) is 0 Å². The molecule has 0 aliphatic heterocycles. The molecule has 294 valence electrons. The molecule has 9 heteroatoms. The zero-order valence-electron chi connectivity index (χ0n) is 32.2. The van der Waals surface area contributed by atoms with Gasteiger partial charge >= 0.3 is 294 Å². The smallest absolute Gasteiger partial charge is 0.236 e. The zero-order valence-corrected chi connectivity index (χ0v) is 34.5. The topological polar surface area (TPSA) is 62.7 Å². The van der Waals surface area contributed by atoms with E-state index in [1.807, 2.05) is 71.3 Å². The number of aromatic nitrogens is 6. The van der Waals surface area contributed by atoms with Crippen molar-refractivity contribution in [2.75, 3.05) is 0 Å². The van der Waals surface area contributed by atoms with E-state index in [4.69, 9.17) is 9.72 Å². The van der Waals surface area contributed by atoms with Crippen molar-refractivity contribution in [1.29, 1.82) is 0 Å². The predicted molar refractivity (Wildman–Crippen MR) is 234 cm³/mol. The molecule has 0 aliphatic carbocycles. The van der Waals surface area contributed by atoms with E-state index in [0.717, 1.165) is 64.8 Å². The Bertz CT molecular complexity index is 3430. The SMILES string of the molecule is Fc1cc(-n2c3[c-]c(Oc4[c-]c(-n5[c](=[Pt])n(-c6c(-c7ccccc7)cccc6-c6ccccc6)c6ccccc65)ccc4)ccc3c3ccccc32)ncc1-c1ncccn1. The number of fused-ring (bicyclic) bond motifs is 4. The standard InChI is InChI=1S/C52H31FN6O.Pt/c53-45-32-50(56-33-44(45)52-54-28-13-29-55-52)59-46-23-8-7-20-42(46)43-27-26-39(31-49(43)59)60-38-19-11-18-37(30-38)57-34-58(48-25-10-9-24-47(48)57)51-40(35-14-3-1-4-15-35)21-12-22-41(51)36-16-5-2-6-17-36;/h1-29,32-33H;/q-2;. The van der Waals surface area contributed by atoms with Crippen molar-refractivity contribution in [1.82, 2.24) is 28.7 Å². The summed E-state index contributed by atoms with van der Waals surface area (Å²) in [5.74, 6) is 1.19. The summed E-state index contributed by atoms with van der Waals surface area (Å²) in [4.78, 5) is 13.1. The fourth-order valence-electron chi connectivity index (χ4n) is 8.10. The summed E-state index contributed by atoms with van der Waals surface area (Å²) < 4.78 is 29.7. The molecule has 7 aromatic carbocycles. The minimum Gasteiger partial charge on any atom is -0.236 e. The first-order valence-corrected chi connectivity index (χ1v) is 20.8. The Balaban J connectivity index is 1.02. The van der Waals surface area contributed by atoms with Crippen molar-refractivity contribution >= 4 is 32.8 Å². The van der Waals surface area contributed by atoms with E-state index in [-0.39, 0.29) is 11.4 Å². The number of imidazole rings is 1. The van der Waals surface area contributed by atoms with E-state index in [2.05, 4.69) is 142 Å². The molecule has 61 heavy (non-hydrogen) atoms. The van der Waals surface area contributed by atoms with Gasteiger partial charge in [-0.15, -0.1) is 0 Å². The van der Waals surface area contributed by atoms with E-state index in [0.29, 0.717) is 22.8 Å². The zero-order chi connectivity index (χ0) is 40.9. The number of para-hydroxylation sites is 4. The van der Waals surface area contributed by atoms with Gasteiger partial charge < -0.3 is 0 Å². The van der Waals surface area contributed by atoms with Crippen LogP contribution in [-0.4, -0.2) is 28.7 Å². The van der Waals surface area contributed by atoms with E-state index >= 15 is 4.39 Å². The third-order valence-electron chi connectivity index (χ3n) is 10.8. The van der Waals surface area contributed by atoms with Gasteiger partial charge in [-0.2, -0.15) is 0 Å². The normalized spacial score (nSPS) is 11.5. The van der Waals surface area contributed by atoms with Gasteiger partial charge in [0.15, 0.2) is 5.82 Å². The van der Waals surface area contributed by atoms with Crippen LogP contribution in [0.1, 0.15) is 0 Å². The van der Waals surface area contributed by atoms with Gasteiger partial charge in [0.2, 0.25) is 0 Å². The molecule has 0 amide bonds. The molecule has 0 fully saturated rings. The number of halogens is 1. The molecule has 0 N–H and O–H groups in total. The molecule has 0 saturated heterocycles. The quantitative estimate of drug-likeness (QED) is 0.142. The van der Waals surface area contributed by atoms with Gasteiger partial charge in [0.1, 0.15) is 5.82 Å². The second kappa shape index (κ2) is 15.2. The van der Waals surface area contributed by atoms with Gasteiger partial charge in [0.25, 0.3) is 0 Å². The minimum atomic E-state index is -0.477. The molecular formula is C52H31FN6OPt-2. The summed E-state index contributed by atoms with van der Waals surface area (Å²) in [6.45, 7) is 0. The molecule has 0 saturated carbocycles. The fraction of sp³-hybridized carbons (Fsp3) is 0. The molecule has 4 aromatic heterocycles. The van der Waals surface area contributed by atoms with E-state index < -0.39 is 5.82 Å². The molecule has 0 aliphatic rings. The van der Waals surface area contributed by atoms with Crippen LogP contribution in [0.4, 0.5) is 4.39 Å². The summed E-state index contributed by atoms with van der Waals surface area (Å²) in [6, 6.07) is 64.0. The van der Waals surface area contributed by atoms with Crippen molar-refractivity contribution in [3.05, 3.63) is 210 Å². The fourth-order valence-corrected chi connectivity index (χ4v) is 9.18. The van der Waals surface area contributed by atoms with Gasteiger partial charge in [-0.3, -0.25) is 0 Å². The molecule has 0 spiro atoms. The van der Waals surface area contributed by atoms with Crippen LogP contribution in [0.3, 0.4) is 0 Å². The van der Waals surface area contributed by atoms with E-state index in [1.54, 1.807) is 18.5 Å². The summed E-state index contributed by atoms with van der Waals surface area (Å²) >= 11 is 2.43. The minimum absolute atomic E-state index is 0.223. The van der Waals surface area contributed by atoms with Gasteiger partial charge in [0.05, 0.1) is 5.56 Å². The van der Waals surface area contributed by atoms with Crippen molar-refractivity contribution < 1.29 is 28.5 Å². The van der Waals surface area contributed by atoms with Crippen LogP contribution in [0.2, 0.25) is 0 Å². The van der Waals surface area contributed by atoms with Gasteiger partial charge in [-0.25, -0.2) is 14.4 Å². The Labute approximate surface area is 360 Å². The van der Waals surface area contributed by atoms with Crippen LogP contribution in [0, 0.1) is 21.8 Å². The summed E-state index contributed by atoms with van der Waals surface area (Å²) in [5, 5.41) is 1.92. The molecule has 0 bridgehead atoms. The molecule has 7 nitrogen and oxygen atoms in total. The number of ether oxygens (including phenoxy) is 1. The second-order valence-corrected chi connectivity index (χ2v) is 15.4. The maximum absolute atomic E-state index is 15.7. The Morgan fingerprint density at radius 1 is 0.508 bits per heavy atom.